The number of anilines is 1. The fourth-order valence-electron chi connectivity index (χ4n) is 1.91. The van der Waals surface area contributed by atoms with Gasteiger partial charge in [-0.05, 0) is 23.8 Å². The summed E-state index contributed by atoms with van der Waals surface area (Å²) in [5.41, 5.74) is 1.38. The van der Waals surface area contributed by atoms with Gasteiger partial charge in [0.2, 0.25) is 5.91 Å². The molecular formula is C17H15BrClNO3. The minimum Gasteiger partial charge on any atom is -0.495 e. The normalized spacial score (nSPS) is 10.6. The van der Waals surface area contributed by atoms with Crippen LogP contribution in [0, 0.1) is 0 Å². The van der Waals surface area contributed by atoms with E-state index in [1.54, 1.807) is 18.2 Å². The third kappa shape index (κ3) is 4.50. The molecule has 0 heterocycles. The highest BCUT2D eigenvalue weighted by Crippen LogP contribution is 2.35. The SMILES string of the molecule is COc1cc(OC)c(NC(=O)/C=C/c2ccccc2Br)cc1Cl. The molecule has 1 amide bonds. The summed E-state index contributed by atoms with van der Waals surface area (Å²) < 4.78 is 11.3. The zero-order valence-corrected chi connectivity index (χ0v) is 14.9. The van der Waals surface area contributed by atoms with Gasteiger partial charge in [-0.2, -0.15) is 0 Å². The summed E-state index contributed by atoms with van der Waals surface area (Å²) in [6, 6.07) is 10.8. The van der Waals surface area contributed by atoms with Crippen LogP contribution in [0.25, 0.3) is 6.08 Å². The Balaban J connectivity index is 2.17. The molecule has 0 radical (unpaired) electrons. The van der Waals surface area contributed by atoms with Crippen LogP contribution in [0.3, 0.4) is 0 Å². The number of halogens is 2. The molecule has 0 aliphatic carbocycles. The van der Waals surface area contributed by atoms with Crippen LogP contribution in [-0.2, 0) is 4.79 Å². The topological polar surface area (TPSA) is 47.6 Å². The molecule has 0 atom stereocenters. The lowest BCUT2D eigenvalue weighted by molar-refractivity contribution is -0.111. The summed E-state index contributed by atoms with van der Waals surface area (Å²) in [6.45, 7) is 0. The van der Waals surface area contributed by atoms with Crippen LogP contribution in [-0.4, -0.2) is 20.1 Å². The number of carbonyl (C=O) groups excluding carboxylic acids is 1. The fraction of sp³-hybridized carbons (Fsp3) is 0.118. The Morgan fingerprint density at radius 3 is 2.52 bits per heavy atom. The lowest BCUT2D eigenvalue weighted by Gasteiger charge is -2.12. The minimum absolute atomic E-state index is 0.291. The first-order valence-corrected chi connectivity index (χ1v) is 7.87. The van der Waals surface area contributed by atoms with Gasteiger partial charge in [0.05, 0.1) is 24.9 Å². The number of amides is 1. The van der Waals surface area contributed by atoms with E-state index in [4.69, 9.17) is 21.1 Å². The molecule has 120 valence electrons. The highest BCUT2D eigenvalue weighted by molar-refractivity contribution is 9.10. The van der Waals surface area contributed by atoms with Gasteiger partial charge < -0.3 is 14.8 Å². The molecule has 2 aromatic carbocycles. The molecule has 0 unspecified atom stereocenters. The van der Waals surface area contributed by atoms with Crippen molar-refractivity contribution in [2.75, 3.05) is 19.5 Å². The standard InChI is InChI=1S/C17H15BrClNO3/c1-22-15-10-16(23-2)14(9-13(15)19)20-17(21)8-7-11-5-3-4-6-12(11)18/h3-10H,1-2H3,(H,20,21)/b8-7+. The largest absolute Gasteiger partial charge is 0.495 e. The summed E-state index contributed by atoms with van der Waals surface area (Å²) >= 11 is 9.51. The number of hydrogen-bond acceptors (Lipinski definition) is 3. The lowest BCUT2D eigenvalue weighted by Crippen LogP contribution is -2.09. The molecule has 0 aliphatic heterocycles. The van der Waals surface area contributed by atoms with E-state index in [0.717, 1.165) is 10.0 Å². The number of benzene rings is 2. The average molecular weight is 397 g/mol. The van der Waals surface area contributed by atoms with Crippen molar-refractivity contribution < 1.29 is 14.3 Å². The molecule has 0 spiro atoms. The smallest absolute Gasteiger partial charge is 0.248 e. The quantitative estimate of drug-likeness (QED) is 0.741. The second-order valence-electron chi connectivity index (χ2n) is 4.53. The van der Waals surface area contributed by atoms with Gasteiger partial charge in [0.25, 0.3) is 0 Å². The Morgan fingerprint density at radius 1 is 1.17 bits per heavy atom. The molecule has 0 fully saturated rings. The predicted molar refractivity (Wildman–Crippen MR) is 96.4 cm³/mol. The van der Waals surface area contributed by atoms with E-state index in [-0.39, 0.29) is 5.91 Å². The summed E-state index contributed by atoms with van der Waals surface area (Å²) in [6.07, 6.45) is 3.16. The second-order valence-corrected chi connectivity index (χ2v) is 5.79. The molecule has 23 heavy (non-hydrogen) atoms. The van der Waals surface area contributed by atoms with Gasteiger partial charge in [-0.25, -0.2) is 0 Å². The van der Waals surface area contributed by atoms with Gasteiger partial charge in [0, 0.05) is 16.6 Å². The molecule has 4 nitrogen and oxygen atoms in total. The molecule has 2 rings (SSSR count). The monoisotopic (exact) mass is 395 g/mol. The van der Waals surface area contributed by atoms with Gasteiger partial charge >= 0.3 is 0 Å². The number of methoxy groups -OCH3 is 2. The van der Waals surface area contributed by atoms with Crippen LogP contribution in [0.1, 0.15) is 5.56 Å². The van der Waals surface area contributed by atoms with Gasteiger partial charge in [0.15, 0.2) is 0 Å². The highest BCUT2D eigenvalue weighted by Gasteiger charge is 2.11. The maximum absolute atomic E-state index is 12.1. The first-order valence-electron chi connectivity index (χ1n) is 6.70. The summed E-state index contributed by atoms with van der Waals surface area (Å²) in [5, 5.41) is 3.12. The molecule has 0 aromatic heterocycles. The molecule has 0 bridgehead atoms. The van der Waals surface area contributed by atoms with Gasteiger partial charge in [0.1, 0.15) is 11.5 Å². The van der Waals surface area contributed by atoms with Crippen molar-refractivity contribution in [3.8, 4) is 11.5 Å². The van der Waals surface area contributed by atoms with E-state index in [0.29, 0.717) is 22.2 Å². The van der Waals surface area contributed by atoms with Crippen molar-refractivity contribution in [3.63, 3.8) is 0 Å². The number of hydrogen-bond donors (Lipinski definition) is 1. The van der Waals surface area contributed by atoms with E-state index >= 15 is 0 Å². The second kappa shape index (κ2) is 8.04. The Labute approximate surface area is 148 Å². The Hall–Kier alpha value is -1.98. The van der Waals surface area contributed by atoms with Crippen LogP contribution in [0.15, 0.2) is 46.9 Å². The molecule has 2 aromatic rings. The minimum atomic E-state index is -0.291. The maximum Gasteiger partial charge on any atom is 0.248 e. The molecule has 0 saturated heterocycles. The summed E-state index contributed by atoms with van der Waals surface area (Å²) in [7, 11) is 3.02. The van der Waals surface area contributed by atoms with Gasteiger partial charge in [-0.15, -0.1) is 0 Å². The first-order chi connectivity index (χ1) is 11.0. The van der Waals surface area contributed by atoms with Crippen molar-refractivity contribution in [2.24, 2.45) is 0 Å². The molecule has 0 saturated carbocycles. The average Bonchev–Trinajstić information content (AvgIpc) is 2.54. The number of rotatable bonds is 5. The van der Waals surface area contributed by atoms with E-state index in [1.807, 2.05) is 24.3 Å². The van der Waals surface area contributed by atoms with Crippen molar-refractivity contribution in [2.45, 2.75) is 0 Å². The highest BCUT2D eigenvalue weighted by atomic mass is 79.9. The van der Waals surface area contributed by atoms with E-state index in [2.05, 4.69) is 21.2 Å². The Morgan fingerprint density at radius 2 is 1.87 bits per heavy atom. The number of carbonyl (C=O) groups is 1. The molecule has 6 heteroatoms. The van der Waals surface area contributed by atoms with Crippen LogP contribution < -0.4 is 14.8 Å². The van der Waals surface area contributed by atoms with E-state index < -0.39 is 0 Å². The van der Waals surface area contributed by atoms with E-state index in [9.17, 15) is 4.79 Å². The van der Waals surface area contributed by atoms with Gasteiger partial charge in [-0.3, -0.25) is 4.79 Å². The van der Waals surface area contributed by atoms with Crippen molar-refractivity contribution in [1.29, 1.82) is 0 Å². The van der Waals surface area contributed by atoms with Gasteiger partial charge in [-0.1, -0.05) is 45.7 Å². The van der Waals surface area contributed by atoms with E-state index in [1.165, 1.54) is 20.3 Å². The molecule has 0 aliphatic rings. The predicted octanol–water partition coefficient (Wildman–Crippen LogP) is 4.77. The van der Waals surface area contributed by atoms with Crippen LogP contribution in [0.4, 0.5) is 5.69 Å². The third-order valence-electron chi connectivity index (χ3n) is 3.05. The Kier molecular flexibility index (Phi) is 6.07. The third-order valence-corrected chi connectivity index (χ3v) is 4.07. The fourth-order valence-corrected chi connectivity index (χ4v) is 2.57. The zero-order chi connectivity index (χ0) is 16.8. The van der Waals surface area contributed by atoms with Crippen LogP contribution in [0.5, 0.6) is 11.5 Å². The molecular weight excluding hydrogens is 382 g/mol. The van der Waals surface area contributed by atoms with Crippen molar-refractivity contribution in [1.82, 2.24) is 0 Å². The van der Waals surface area contributed by atoms with Crippen LogP contribution >= 0.6 is 27.5 Å². The molecule has 1 N–H and O–H groups in total. The summed E-state index contributed by atoms with van der Waals surface area (Å²) in [5.74, 6) is 0.652. The first kappa shape index (κ1) is 17.4. The Bertz CT molecular complexity index is 747. The van der Waals surface area contributed by atoms with Crippen LogP contribution in [0.2, 0.25) is 5.02 Å². The van der Waals surface area contributed by atoms with Crippen molar-refractivity contribution in [3.05, 3.63) is 57.5 Å². The summed E-state index contributed by atoms with van der Waals surface area (Å²) in [4.78, 5) is 12.1. The van der Waals surface area contributed by atoms with Crippen molar-refractivity contribution >= 4 is 45.2 Å². The maximum atomic E-state index is 12.1. The zero-order valence-electron chi connectivity index (χ0n) is 12.6. The number of nitrogens with one attached hydrogen (secondary N) is 1. The number of ether oxygens (including phenoxy) is 2. The lowest BCUT2D eigenvalue weighted by atomic mass is 10.2.